The van der Waals surface area contributed by atoms with Crippen LogP contribution < -0.4 is 5.32 Å². The lowest BCUT2D eigenvalue weighted by Crippen LogP contribution is -2.56. The van der Waals surface area contributed by atoms with E-state index in [1.54, 1.807) is 20.8 Å². The quantitative estimate of drug-likeness (QED) is 0.506. The van der Waals surface area contributed by atoms with Crippen LogP contribution in [0.1, 0.15) is 58.9 Å². The van der Waals surface area contributed by atoms with Crippen LogP contribution >= 0.6 is 27.5 Å². The molecule has 1 rings (SSSR count). The van der Waals surface area contributed by atoms with Crippen molar-refractivity contribution >= 4 is 39.6 Å². The number of amides is 1. The van der Waals surface area contributed by atoms with Gasteiger partial charge in [-0.05, 0) is 57.7 Å². The summed E-state index contributed by atoms with van der Waals surface area (Å²) < 4.78 is 11.3. The minimum absolute atomic E-state index is 0.361. The number of rotatable bonds is 8. The van der Waals surface area contributed by atoms with Crippen molar-refractivity contribution in [1.29, 1.82) is 0 Å². The van der Waals surface area contributed by atoms with Crippen molar-refractivity contribution in [3.63, 3.8) is 0 Å². The zero-order valence-electron chi connectivity index (χ0n) is 16.7. The summed E-state index contributed by atoms with van der Waals surface area (Å²) in [7, 11) is 1.33. The number of ether oxygens (including phenoxy) is 2. The summed E-state index contributed by atoms with van der Waals surface area (Å²) >= 11 is 9.69. The lowest BCUT2D eigenvalue weighted by molar-refractivity contribution is -0.149. The van der Waals surface area contributed by atoms with Gasteiger partial charge in [-0.25, -0.2) is 9.59 Å². The first-order valence-corrected chi connectivity index (χ1v) is 10.2. The van der Waals surface area contributed by atoms with Crippen molar-refractivity contribution in [2.24, 2.45) is 0 Å². The molecule has 0 saturated heterocycles. The minimum atomic E-state index is -1.16. The van der Waals surface area contributed by atoms with E-state index < -0.39 is 23.2 Å². The van der Waals surface area contributed by atoms with Gasteiger partial charge in [0.05, 0.1) is 7.11 Å². The van der Waals surface area contributed by atoms with Gasteiger partial charge in [-0.15, -0.1) is 0 Å². The lowest BCUT2D eigenvalue weighted by atomic mass is 9.86. The molecule has 0 saturated carbocycles. The number of unbranched alkanes of at least 4 members (excludes halogenated alkanes) is 1. The van der Waals surface area contributed by atoms with Gasteiger partial charge in [0.1, 0.15) is 11.1 Å². The van der Waals surface area contributed by atoms with E-state index in [0.29, 0.717) is 24.3 Å². The molecule has 0 spiro atoms. The average Bonchev–Trinajstić information content (AvgIpc) is 2.56. The maximum Gasteiger partial charge on any atom is 0.408 e. The predicted octanol–water partition coefficient (Wildman–Crippen LogP) is 5.66. The van der Waals surface area contributed by atoms with Gasteiger partial charge >= 0.3 is 12.1 Å². The SMILES string of the molecule is CCCC[C@@](CCc1ccc(Br)cc1Cl)(NC(=O)OC(C)(C)C)C(=O)OC. The van der Waals surface area contributed by atoms with E-state index in [2.05, 4.69) is 21.2 Å². The first kappa shape index (κ1) is 23.8. The van der Waals surface area contributed by atoms with E-state index >= 15 is 0 Å². The molecule has 0 heterocycles. The number of benzene rings is 1. The number of esters is 1. The smallest absolute Gasteiger partial charge is 0.408 e. The second-order valence-corrected chi connectivity index (χ2v) is 8.86. The molecule has 0 aromatic heterocycles. The number of nitrogens with one attached hydrogen (secondary N) is 1. The van der Waals surface area contributed by atoms with Gasteiger partial charge in [0.25, 0.3) is 0 Å². The molecule has 0 unspecified atom stereocenters. The van der Waals surface area contributed by atoms with Crippen molar-refractivity contribution in [1.82, 2.24) is 5.32 Å². The molecule has 5 nitrogen and oxygen atoms in total. The molecule has 0 fully saturated rings. The summed E-state index contributed by atoms with van der Waals surface area (Å²) in [6, 6.07) is 5.61. The number of carbonyl (C=O) groups is 2. The Morgan fingerprint density at radius 3 is 2.41 bits per heavy atom. The van der Waals surface area contributed by atoms with Crippen LogP contribution in [0.4, 0.5) is 4.79 Å². The third-order valence-electron chi connectivity index (χ3n) is 4.11. The van der Waals surface area contributed by atoms with Crippen molar-refractivity contribution in [3.05, 3.63) is 33.3 Å². The van der Waals surface area contributed by atoms with Gasteiger partial charge in [-0.2, -0.15) is 0 Å². The fourth-order valence-corrected chi connectivity index (χ4v) is 3.52. The molecular weight excluding hydrogens is 434 g/mol. The Labute approximate surface area is 175 Å². The molecule has 0 aliphatic rings. The minimum Gasteiger partial charge on any atom is -0.467 e. The zero-order chi connectivity index (χ0) is 20.7. The molecule has 1 aromatic rings. The molecular formula is C20H29BrClNO4. The van der Waals surface area contributed by atoms with Crippen LogP contribution in [-0.2, 0) is 20.7 Å². The molecule has 152 valence electrons. The highest BCUT2D eigenvalue weighted by Crippen LogP contribution is 2.28. The molecule has 1 atom stereocenters. The Hall–Kier alpha value is -1.27. The number of hydrogen-bond donors (Lipinski definition) is 1. The average molecular weight is 463 g/mol. The highest BCUT2D eigenvalue weighted by Gasteiger charge is 2.41. The molecule has 7 heteroatoms. The van der Waals surface area contributed by atoms with Gasteiger partial charge in [-0.3, -0.25) is 0 Å². The summed E-state index contributed by atoms with van der Waals surface area (Å²) in [4.78, 5) is 25.1. The molecule has 0 bridgehead atoms. The van der Waals surface area contributed by atoms with Gasteiger partial charge in [0.2, 0.25) is 0 Å². The molecule has 27 heavy (non-hydrogen) atoms. The number of carbonyl (C=O) groups excluding carboxylic acids is 2. The fraction of sp³-hybridized carbons (Fsp3) is 0.600. The zero-order valence-corrected chi connectivity index (χ0v) is 19.0. The monoisotopic (exact) mass is 461 g/mol. The van der Waals surface area contributed by atoms with Crippen LogP contribution in [0.15, 0.2) is 22.7 Å². The van der Waals surface area contributed by atoms with E-state index in [9.17, 15) is 9.59 Å². The predicted molar refractivity (Wildman–Crippen MR) is 111 cm³/mol. The van der Waals surface area contributed by atoms with Crippen molar-refractivity contribution in [2.45, 2.75) is 70.9 Å². The third-order valence-corrected chi connectivity index (χ3v) is 4.95. The Bertz CT molecular complexity index is 660. The second-order valence-electron chi connectivity index (χ2n) is 7.54. The summed E-state index contributed by atoms with van der Waals surface area (Å²) in [5, 5.41) is 3.39. The standard InChI is InChI=1S/C20H29BrClNO4/c1-6-7-11-20(17(24)26-5,23-18(25)27-19(2,3)4)12-10-14-8-9-15(21)13-16(14)22/h8-9,13H,6-7,10-12H2,1-5H3,(H,23,25)/t20-/m0/s1. The van der Waals surface area contributed by atoms with E-state index in [-0.39, 0.29) is 0 Å². The fourth-order valence-electron chi connectivity index (χ4n) is 2.75. The molecule has 0 aliphatic carbocycles. The van der Waals surface area contributed by atoms with Crippen LogP contribution in [0, 0.1) is 0 Å². The number of halogens is 2. The maximum absolute atomic E-state index is 12.7. The number of methoxy groups -OCH3 is 1. The number of aryl methyl sites for hydroxylation is 1. The molecule has 0 aliphatic heterocycles. The molecule has 1 amide bonds. The van der Waals surface area contributed by atoms with Crippen LogP contribution in [-0.4, -0.2) is 30.3 Å². The Kier molecular flexibility index (Phi) is 9.09. The molecule has 1 N–H and O–H groups in total. The number of alkyl carbamates (subject to hydrolysis) is 1. The lowest BCUT2D eigenvalue weighted by Gasteiger charge is -2.33. The number of hydrogen-bond acceptors (Lipinski definition) is 4. The Morgan fingerprint density at radius 1 is 1.22 bits per heavy atom. The largest absolute Gasteiger partial charge is 0.467 e. The van der Waals surface area contributed by atoms with Gasteiger partial charge < -0.3 is 14.8 Å². The van der Waals surface area contributed by atoms with Crippen molar-refractivity contribution < 1.29 is 19.1 Å². The van der Waals surface area contributed by atoms with Crippen LogP contribution in [0.5, 0.6) is 0 Å². The van der Waals surface area contributed by atoms with Gasteiger partial charge in [-0.1, -0.05) is 53.4 Å². The summed E-state index contributed by atoms with van der Waals surface area (Å²) in [5.41, 5.74) is -0.925. The highest BCUT2D eigenvalue weighted by atomic mass is 79.9. The summed E-state index contributed by atoms with van der Waals surface area (Å²) in [5.74, 6) is -0.477. The van der Waals surface area contributed by atoms with E-state index in [1.165, 1.54) is 7.11 Å². The maximum atomic E-state index is 12.7. The van der Waals surface area contributed by atoms with E-state index in [0.717, 1.165) is 22.9 Å². The Balaban J connectivity index is 3.09. The van der Waals surface area contributed by atoms with Crippen LogP contribution in [0.25, 0.3) is 0 Å². The van der Waals surface area contributed by atoms with Crippen LogP contribution in [0.2, 0.25) is 5.02 Å². The first-order valence-electron chi connectivity index (χ1n) is 9.06. The van der Waals surface area contributed by atoms with Gasteiger partial charge in [0, 0.05) is 9.50 Å². The highest BCUT2D eigenvalue weighted by molar-refractivity contribution is 9.10. The summed E-state index contributed by atoms with van der Waals surface area (Å²) in [6.07, 6.45) is 2.35. The third kappa shape index (κ3) is 7.70. The van der Waals surface area contributed by atoms with Crippen LogP contribution in [0.3, 0.4) is 0 Å². The van der Waals surface area contributed by atoms with Crippen molar-refractivity contribution in [2.75, 3.05) is 7.11 Å². The Morgan fingerprint density at radius 2 is 1.89 bits per heavy atom. The van der Waals surface area contributed by atoms with Gasteiger partial charge in [0.15, 0.2) is 0 Å². The van der Waals surface area contributed by atoms with Crippen molar-refractivity contribution in [3.8, 4) is 0 Å². The molecule has 1 aromatic carbocycles. The van der Waals surface area contributed by atoms with E-state index in [1.807, 2.05) is 25.1 Å². The summed E-state index contributed by atoms with van der Waals surface area (Å²) in [6.45, 7) is 7.36. The molecule has 0 radical (unpaired) electrons. The second kappa shape index (κ2) is 10.3. The topological polar surface area (TPSA) is 64.6 Å². The normalized spacial score (nSPS) is 13.6. The first-order chi connectivity index (χ1) is 12.5. The van der Waals surface area contributed by atoms with E-state index in [4.69, 9.17) is 21.1 Å².